The van der Waals surface area contributed by atoms with E-state index in [0.29, 0.717) is 0 Å². The molecule has 0 aromatic heterocycles. The van der Waals surface area contributed by atoms with Gasteiger partial charge < -0.3 is 10.4 Å². The number of anilines is 1. The summed E-state index contributed by atoms with van der Waals surface area (Å²) in [5.74, 6) is 0.187. The van der Waals surface area contributed by atoms with Gasteiger partial charge in [0.15, 0.2) is 0 Å². The van der Waals surface area contributed by atoms with Gasteiger partial charge in [0.1, 0.15) is 0 Å². The van der Waals surface area contributed by atoms with E-state index in [2.05, 4.69) is 5.32 Å². The van der Waals surface area contributed by atoms with Gasteiger partial charge in [0, 0.05) is 5.69 Å². The molecule has 1 heterocycles. The van der Waals surface area contributed by atoms with E-state index in [-0.39, 0.29) is 11.8 Å². The summed E-state index contributed by atoms with van der Waals surface area (Å²) in [5.41, 5.74) is 3.28. The van der Waals surface area contributed by atoms with Crippen molar-refractivity contribution in [3.63, 3.8) is 0 Å². The minimum absolute atomic E-state index is 0.0248. The fourth-order valence-electron chi connectivity index (χ4n) is 2.42. The molecule has 18 heavy (non-hydrogen) atoms. The number of aliphatic hydroxyl groups is 1. The van der Waals surface area contributed by atoms with Crippen LogP contribution in [0.1, 0.15) is 50.5 Å². The summed E-state index contributed by atoms with van der Waals surface area (Å²) in [7, 11) is 0. The average Bonchev–Trinajstić information content (AvgIpc) is 2.51. The summed E-state index contributed by atoms with van der Waals surface area (Å²) in [6, 6.07) is 3.93. The second-order valence-corrected chi connectivity index (χ2v) is 6.03. The maximum absolute atomic E-state index is 11.9. The van der Waals surface area contributed by atoms with Gasteiger partial charge in [-0.2, -0.15) is 0 Å². The molecule has 3 heteroatoms. The number of benzene rings is 1. The van der Waals surface area contributed by atoms with Crippen molar-refractivity contribution in [1.82, 2.24) is 0 Å². The highest BCUT2D eigenvalue weighted by Crippen LogP contribution is 2.41. The molecule has 1 aliphatic heterocycles. The number of rotatable bonds is 2. The third kappa shape index (κ3) is 1.83. The van der Waals surface area contributed by atoms with E-state index < -0.39 is 11.5 Å². The van der Waals surface area contributed by atoms with Crippen LogP contribution in [0.3, 0.4) is 0 Å². The first-order chi connectivity index (χ1) is 8.25. The normalized spacial score (nSPS) is 18.7. The van der Waals surface area contributed by atoms with Gasteiger partial charge in [-0.15, -0.1) is 0 Å². The number of hydrogen-bond donors (Lipinski definition) is 2. The molecule has 1 aromatic rings. The summed E-state index contributed by atoms with van der Waals surface area (Å²) in [6.07, 6.45) is -0.486. The van der Waals surface area contributed by atoms with Crippen LogP contribution < -0.4 is 5.32 Å². The van der Waals surface area contributed by atoms with Gasteiger partial charge in [-0.25, -0.2) is 0 Å². The van der Waals surface area contributed by atoms with Crippen LogP contribution in [-0.2, 0) is 10.2 Å². The SMILES string of the molecule is Cc1cc(C(O)C(C)C)cc2c1NC(=O)C2(C)C. The molecule has 0 spiro atoms. The first-order valence-corrected chi connectivity index (χ1v) is 6.39. The Morgan fingerprint density at radius 2 is 1.89 bits per heavy atom. The Kier molecular flexibility index (Phi) is 2.98. The monoisotopic (exact) mass is 247 g/mol. The predicted octanol–water partition coefficient (Wildman–Crippen LogP) is 2.91. The van der Waals surface area contributed by atoms with Crippen molar-refractivity contribution in [3.05, 3.63) is 28.8 Å². The highest BCUT2D eigenvalue weighted by Gasteiger charge is 2.39. The molecular formula is C15H21NO2. The third-order valence-corrected chi connectivity index (χ3v) is 3.81. The summed E-state index contributed by atoms with van der Waals surface area (Å²) in [4.78, 5) is 11.9. The van der Waals surface area contributed by atoms with Gasteiger partial charge in [-0.05, 0) is 43.4 Å². The number of nitrogens with one attached hydrogen (secondary N) is 1. The number of amides is 1. The van der Waals surface area contributed by atoms with Crippen LogP contribution in [0.15, 0.2) is 12.1 Å². The van der Waals surface area contributed by atoms with Crippen LogP contribution in [0.2, 0.25) is 0 Å². The Labute approximate surface area is 108 Å². The molecule has 98 valence electrons. The summed E-state index contributed by atoms with van der Waals surface area (Å²) in [6.45, 7) is 9.78. The van der Waals surface area contributed by atoms with E-state index in [1.807, 2.05) is 46.8 Å². The maximum Gasteiger partial charge on any atom is 0.234 e. The van der Waals surface area contributed by atoms with Crippen LogP contribution in [-0.4, -0.2) is 11.0 Å². The molecular weight excluding hydrogens is 226 g/mol. The first kappa shape index (κ1) is 13.1. The summed E-state index contributed by atoms with van der Waals surface area (Å²) in [5, 5.41) is 13.1. The van der Waals surface area contributed by atoms with Crippen molar-refractivity contribution >= 4 is 11.6 Å². The van der Waals surface area contributed by atoms with E-state index in [1.54, 1.807) is 0 Å². The van der Waals surface area contributed by atoms with Crippen molar-refractivity contribution < 1.29 is 9.90 Å². The number of aliphatic hydroxyl groups excluding tert-OH is 1. The molecule has 0 fully saturated rings. The number of fused-ring (bicyclic) bond motifs is 1. The van der Waals surface area contributed by atoms with Crippen LogP contribution >= 0.6 is 0 Å². The summed E-state index contributed by atoms with van der Waals surface area (Å²) < 4.78 is 0. The molecule has 3 nitrogen and oxygen atoms in total. The minimum atomic E-state index is -0.521. The Bertz CT molecular complexity index is 503. The van der Waals surface area contributed by atoms with E-state index in [1.165, 1.54) is 0 Å². The molecule has 0 saturated carbocycles. The molecule has 0 saturated heterocycles. The smallest absolute Gasteiger partial charge is 0.234 e. The van der Waals surface area contributed by atoms with Crippen molar-refractivity contribution in [1.29, 1.82) is 0 Å². The summed E-state index contributed by atoms with van der Waals surface area (Å²) >= 11 is 0. The van der Waals surface area contributed by atoms with Crippen molar-refractivity contribution in [2.45, 2.75) is 46.1 Å². The Morgan fingerprint density at radius 1 is 1.28 bits per heavy atom. The first-order valence-electron chi connectivity index (χ1n) is 6.39. The number of hydrogen-bond acceptors (Lipinski definition) is 2. The van der Waals surface area contributed by atoms with E-state index >= 15 is 0 Å². The fraction of sp³-hybridized carbons (Fsp3) is 0.533. The molecule has 0 bridgehead atoms. The minimum Gasteiger partial charge on any atom is -0.388 e. The number of carbonyl (C=O) groups is 1. The fourth-order valence-corrected chi connectivity index (χ4v) is 2.42. The molecule has 1 atom stereocenters. The van der Waals surface area contributed by atoms with E-state index in [4.69, 9.17) is 0 Å². The standard InChI is InChI=1S/C15H21NO2/c1-8(2)13(17)10-6-9(3)12-11(7-10)15(4,5)14(18)16-12/h6-8,13,17H,1-5H3,(H,16,18). The van der Waals surface area contributed by atoms with Crippen LogP contribution in [0.4, 0.5) is 5.69 Å². The van der Waals surface area contributed by atoms with Gasteiger partial charge in [-0.3, -0.25) is 4.79 Å². The third-order valence-electron chi connectivity index (χ3n) is 3.81. The van der Waals surface area contributed by atoms with Crippen molar-refractivity contribution in [2.24, 2.45) is 5.92 Å². The lowest BCUT2D eigenvalue weighted by atomic mass is 9.83. The molecule has 2 N–H and O–H groups in total. The molecule has 1 amide bonds. The Hall–Kier alpha value is -1.35. The predicted molar refractivity (Wildman–Crippen MR) is 72.6 cm³/mol. The van der Waals surface area contributed by atoms with Gasteiger partial charge in [0.25, 0.3) is 0 Å². The lowest BCUT2D eigenvalue weighted by Gasteiger charge is -2.20. The van der Waals surface area contributed by atoms with E-state index in [9.17, 15) is 9.90 Å². The van der Waals surface area contributed by atoms with Gasteiger partial charge in [0.2, 0.25) is 5.91 Å². The van der Waals surface area contributed by atoms with Crippen molar-refractivity contribution in [2.75, 3.05) is 5.32 Å². The zero-order valence-corrected chi connectivity index (χ0v) is 11.7. The van der Waals surface area contributed by atoms with Gasteiger partial charge in [0.05, 0.1) is 11.5 Å². The topological polar surface area (TPSA) is 49.3 Å². The second-order valence-electron chi connectivity index (χ2n) is 6.03. The quantitative estimate of drug-likeness (QED) is 0.844. The maximum atomic E-state index is 11.9. The van der Waals surface area contributed by atoms with Crippen LogP contribution in [0.25, 0.3) is 0 Å². The molecule has 1 aromatic carbocycles. The van der Waals surface area contributed by atoms with Gasteiger partial charge in [-0.1, -0.05) is 26.0 Å². The average molecular weight is 247 g/mol. The highest BCUT2D eigenvalue weighted by molar-refractivity contribution is 6.06. The molecule has 1 aliphatic rings. The number of carbonyl (C=O) groups excluding carboxylic acids is 1. The molecule has 1 unspecified atom stereocenters. The molecule has 0 radical (unpaired) electrons. The zero-order valence-electron chi connectivity index (χ0n) is 11.7. The Morgan fingerprint density at radius 3 is 2.44 bits per heavy atom. The molecule has 2 rings (SSSR count). The molecule has 0 aliphatic carbocycles. The highest BCUT2D eigenvalue weighted by atomic mass is 16.3. The van der Waals surface area contributed by atoms with Crippen molar-refractivity contribution in [3.8, 4) is 0 Å². The van der Waals surface area contributed by atoms with E-state index in [0.717, 1.165) is 22.4 Å². The Balaban J connectivity index is 2.56. The lowest BCUT2D eigenvalue weighted by molar-refractivity contribution is -0.119. The largest absolute Gasteiger partial charge is 0.388 e. The zero-order chi connectivity index (χ0) is 13.7. The van der Waals surface area contributed by atoms with Crippen LogP contribution in [0, 0.1) is 12.8 Å². The second kappa shape index (κ2) is 4.09. The van der Waals surface area contributed by atoms with Crippen LogP contribution in [0.5, 0.6) is 0 Å². The van der Waals surface area contributed by atoms with Gasteiger partial charge >= 0.3 is 0 Å². The number of aryl methyl sites for hydroxylation is 1. The lowest BCUT2D eigenvalue weighted by Crippen LogP contribution is -2.27.